The fraction of sp³-hybridized carbons (Fsp3) is 0.312. The van der Waals surface area contributed by atoms with Crippen LogP contribution in [0.3, 0.4) is 0 Å². The van der Waals surface area contributed by atoms with Crippen molar-refractivity contribution in [2.24, 2.45) is 0 Å². The van der Waals surface area contributed by atoms with Crippen molar-refractivity contribution >= 4 is 34.0 Å². The summed E-state index contributed by atoms with van der Waals surface area (Å²) in [6.45, 7) is 4.30. The third-order valence-corrected chi connectivity index (χ3v) is 4.82. The van der Waals surface area contributed by atoms with E-state index in [9.17, 15) is 0 Å². The third-order valence-electron chi connectivity index (χ3n) is 3.61. The predicted molar refractivity (Wildman–Crippen MR) is 86.8 cm³/mol. The Morgan fingerprint density at radius 1 is 1.35 bits per heavy atom. The summed E-state index contributed by atoms with van der Waals surface area (Å²) < 4.78 is 2.30. The summed E-state index contributed by atoms with van der Waals surface area (Å²) in [6.07, 6.45) is 1.03. The molecule has 2 nitrogen and oxygen atoms in total. The first-order valence-corrected chi connectivity index (χ1v) is 8.22. The Hall–Kier alpha value is -1.32. The van der Waals surface area contributed by atoms with Gasteiger partial charge in [0.15, 0.2) is 0 Å². The van der Waals surface area contributed by atoms with E-state index in [0.717, 1.165) is 17.8 Å². The zero-order chi connectivity index (χ0) is 14.1. The molecule has 0 N–H and O–H groups in total. The summed E-state index contributed by atoms with van der Waals surface area (Å²) in [5, 5.41) is 2.13. The summed E-state index contributed by atoms with van der Waals surface area (Å²) in [5.41, 5.74) is 3.44. The minimum atomic E-state index is 0.316. The molecular formula is C16H17ClN2S. The second kappa shape index (κ2) is 5.58. The number of alkyl halides is 1. The average molecular weight is 305 g/mol. The average Bonchev–Trinajstić information content (AvgIpc) is 3.08. The van der Waals surface area contributed by atoms with Crippen molar-refractivity contribution in [1.82, 2.24) is 9.55 Å². The van der Waals surface area contributed by atoms with E-state index in [-0.39, 0.29) is 0 Å². The summed E-state index contributed by atoms with van der Waals surface area (Å²) in [6, 6.07) is 11.0. The maximum absolute atomic E-state index is 6.13. The Bertz CT molecular complexity index is 715. The summed E-state index contributed by atoms with van der Waals surface area (Å²) in [7, 11) is 0. The Morgan fingerprint density at radius 2 is 2.20 bits per heavy atom. The molecule has 3 aromatic rings. The number of fused-ring (bicyclic) bond motifs is 1. The number of hydrogen-bond donors (Lipinski definition) is 0. The van der Waals surface area contributed by atoms with Crippen molar-refractivity contribution in [3.8, 4) is 0 Å². The van der Waals surface area contributed by atoms with Gasteiger partial charge in [-0.05, 0) is 42.5 Å². The molecule has 1 atom stereocenters. The van der Waals surface area contributed by atoms with Crippen molar-refractivity contribution in [3.63, 3.8) is 0 Å². The van der Waals surface area contributed by atoms with Gasteiger partial charge >= 0.3 is 0 Å². The van der Waals surface area contributed by atoms with Crippen LogP contribution in [0.15, 0.2) is 35.7 Å². The van der Waals surface area contributed by atoms with E-state index < -0.39 is 0 Å². The van der Waals surface area contributed by atoms with Gasteiger partial charge < -0.3 is 4.57 Å². The van der Waals surface area contributed by atoms with Crippen LogP contribution in [0.25, 0.3) is 11.0 Å². The molecule has 1 unspecified atom stereocenters. The molecule has 0 aliphatic carbocycles. The number of benzene rings is 1. The molecule has 2 aromatic heterocycles. The second-order valence-electron chi connectivity index (χ2n) is 4.96. The lowest BCUT2D eigenvalue weighted by molar-refractivity contribution is 0.574. The van der Waals surface area contributed by atoms with Gasteiger partial charge in [0.05, 0.1) is 23.0 Å². The lowest BCUT2D eigenvalue weighted by Crippen LogP contribution is -2.11. The highest BCUT2D eigenvalue weighted by Gasteiger charge is 2.19. The van der Waals surface area contributed by atoms with Crippen LogP contribution < -0.4 is 0 Å². The van der Waals surface area contributed by atoms with Crippen molar-refractivity contribution < 1.29 is 0 Å². The number of nitrogens with zero attached hydrogens (tertiary/aromatic N) is 2. The van der Waals surface area contributed by atoms with E-state index in [1.807, 2.05) is 0 Å². The third kappa shape index (κ3) is 2.25. The van der Waals surface area contributed by atoms with Crippen molar-refractivity contribution in [3.05, 3.63) is 52.0 Å². The van der Waals surface area contributed by atoms with E-state index in [2.05, 4.69) is 54.1 Å². The van der Waals surface area contributed by atoms with E-state index in [1.54, 1.807) is 11.3 Å². The largest absolute Gasteiger partial charge is 0.319 e. The van der Waals surface area contributed by atoms with Gasteiger partial charge in [0.1, 0.15) is 5.82 Å². The quantitative estimate of drug-likeness (QED) is 0.610. The molecule has 0 saturated carbocycles. The lowest BCUT2D eigenvalue weighted by atomic mass is 10.1. The van der Waals surface area contributed by atoms with Gasteiger partial charge in [-0.1, -0.05) is 19.1 Å². The van der Waals surface area contributed by atoms with Crippen LogP contribution in [0.1, 0.15) is 35.7 Å². The molecule has 0 spiro atoms. The number of aryl methyl sites for hydroxylation is 1. The van der Waals surface area contributed by atoms with Gasteiger partial charge in [-0.15, -0.1) is 22.9 Å². The van der Waals surface area contributed by atoms with E-state index in [1.165, 1.54) is 16.0 Å². The molecule has 0 aliphatic rings. The van der Waals surface area contributed by atoms with Gasteiger partial charge in [-0.2, -0.15) is 0 Å². The zero-order valence-electron chi connectivity index (χ0n) is 11.6. The first-order valence-electron chi connectivity index (χ1n) is 6.81. The molecule has 2 heterocycles. The van der Waals surface area contributed by atoms with E-state index in [4.69, 9.17) is 16.6 Å². The number of aromatic nitrogens is 2. The Balaban J connectivity index is 2.22. The number of imidazole rings is 1. The lowest BCUT2D eigenvalue weighted by Gasteiger charge is -2.18. The molecule has 104 valence electrons. The van der Waals surface area contributed by atoms with E-state index in [0.29, 0.717) is 11.9 Å². The maximum atomic E-state index is 6.13. The van der Waals surface area contributed by atoms with E-state index >= 15 is 0 Å². The molecule has 20 heavy (non-hydrogen) atoms. The van der Waals surface area contributed by atoms with Crippen molar-refractivity contribution in [2.45, 2.75) is 32.2 Å². The maximum Gasteiger partial charge on any atom is 0.125 e. The highest BCUT2D eigenvalue weighted by molar-refractivity contribution is 7.10. The zero-order valence-corrected chi connectivity index (χ0v) is 13.2. The van der Waals surface area contributed by atoms with Crippen LogP contribution in [0.4, 0.5) is 0 Å². The number of hydrogen-bond acceptors (Lipinski definition) is 2. The molecule has 4 heteroatoms. The molecule has 0 aliphatic heterocycles. The predicted octanol–water partition coefficient (Wildman–Crippen LogP) is 5.14. The number of halogens is 1. The molecule has 0 saturated heterocycles. The van der Waals surface area contributed by atoms with Crippen LogP contribution in [-0.2, 0) is 5.88 Å². The standard InChI is InChI=1S/C16H17ClN2S/c1-3-13(15-5-4-8-20-15)19-14-7-6-11(2)9-12(14)18-16(19)10-17/h4-9,13H,3,10H2,1-2H3. The molecule has 0 fully saturated rings. The van der Waals surface area contributed by atoms with Gasteiger partial charge in [-0.3, -0.25) is 0 Å². The summed E-state index contributed by atoms with van der Waals surface area (Å²) in [4.78, 5) is 6.07. The molecule has 0 bridgehead atoms. The van der Waals surface area contributed by atoms with Crippen LogP contribution in [0.2, 0.25) is 0 Å². The number of rotatable bonds is 4. The van der Waals surface area contributed by atoms with Gasteiger partial charge in [-0.25, -0.2) is 4.98 Å². The Morgan fingerprint density at radius 3 is 2.85 bits per heavy atom. The van der Waals surface area contributed by atoms with Crippen LogP contribution >= 0.6 is 22.9 Å². The van der Waals surface area contributed by atoms with Crippen LogP contribution in [-0.4, -0.2) is 9.55 Å². The summed E-state index contributed by atoms with van der Waals surface area (Å²) >= 11 is 7.92. The Labute approximate surface area is 128 Å². The fourth-order valence-electron chi connectivity index (χ4n) is 2.69. The monoisotopic (exact) mass is 304 g/mol. The van der Waals surface area contributed by atoms with Crippen molar-refractivity contribution in [2.75, 3.05) is 0 Å². The minimum Gasteiger partial charge on any atom is -0.319 e. The first-order chi connectivity index (χ1) is 9.74. The van der Waals surface area contributed by atoms with Gasteiger partial charge in [0, 0.05) is 4.88 Å². The van der Waals surface area contributed by atoms with Gasteiger partial charge in [0.25, 0.3) is 0 Å². The number of thiophene rings is 1. The molecule has 0 amide bonds. The van der Waals surface area contributed by atoms with Gasteiger partial charge in [0.2, 0.25) is 0 Å². The SMILES string of the molecule is CCC(c1cccs1)n1c(CCl)nc2cc(C)ccc21. The first kappa shape index (κ1) is 13.7. The molecule has 0 radical (unpaired) electrons. The summed E-state index contributed by atoms with van der Waals surface area (Å²) in [5.74, 6) is 1.39. The fourth-order valence-corrected chi connectivity index (χ4v) is 3.78. The highest BCUT2D eigenvalue weighted by atomic mass is 35.5. The normalized spacial score (nSPS) is 12.9. The molecule has 3 rings (SSSR count). The van der Waals surface area contributed by atoms with Crippen LogP contribution in [0.5, 0.6) is 0 Å². The second-order valence-corrected chi connectivity index (χ2v) is 6.21. The minimum absolute atomic E-state index is 0.316. The smallest absolute Gasteiger partial charge is 0.125 e. The Kier molecular flexibility index (Phi) is 3.81. The molecule has 1 aromatic carbocycles. The van der Waals surface area contributed by atoms with Crippen molar-refractivity contribution in [1.29, 1.82) is 0 Å². The van der Waals surface area contributed by atoms with Crippen LogP contribution in [0, 0.1) is 6.92 Å². The topological polar surface area (TPSA) is 17.8 Å². The molecular weight excluding hydrogens is 288 g/mol. The highest BCUT2D eigenvalue weighted by Crippen LogP contribution is 2.32.